The molecule has 1 heterocycles. The smallest absolute Gasteiger partial charge is 0.307 e. The van der Waals surface area contributed by atoms with Crippen LogP contribution in [0.4, 0.5) is 0 Å². The zero-order valence-electron chi connectivity index (χ0n) is 11.5. The number of amides is 1. The Labute approximate surface area is 117 Å². The molecule has 0 aliphatic heterocycles. The number of hydrogen-bond donors (Lipinski definition) is 2. The van der Waals surface area contributed by atoms with Crippen molar-refractivity contribution < 1.29 is 14.7 Å². The van der Waals surface area contributed by atoms with E-state index in [0.717, 1.165) is 5.82 Å². The number of rotatable bonds is 5. The lowest BCUT2D eigenvalue weighted by Gasteiger charge is -2.24. The lowest BCUT2D eigenvalue weighted by atomic mass is 9.82. The standard InChI is InChI=1S/C14H19N3O3/c1-17-9-8-15-12(17)6-7-16-13(18)10-4-2-3-5-11(10)14(19)20/h2-3,8-11H,4-7H2,1H3,(H,16,18)(H,19,20)/t10-,11+/m1/s1. The average Bonchev–Trinajstić information content (AvgIpc) is 2.84. The quantitative estimate of drug-likeness (QED) is 0.778. The van der Waals surface area contributed by atoms with Crippen LogP contribution in [0, 0.1) is 11.8 Å². The van der Waals surface area contributed by atoms with Gasteiger partial charge in [-0.05, 0) is 12.8 Å². The number of hydrogen-bond acceptors (Lipinski definition) is 3. The van der Waals surface area contributed by atoms with E-state index in [0.29, 0.717) is 25.8 Å². The van der Waals surface area contributed by atoms with E-state index in [4.69, 9.17) is 5.11 Å². The van der Waals surface area contributed by atoms with Gasteiger partial charge in [-0.2, -0.15) is 0 Å². The Hall–Kier alpha value is -2.11. The van der Waals surface area contributed by atoms with Gasteiger partial charge in [0.05, 0.1) is 11.8 Å². The Morgan fingerprint density at radius 1 is 1.40 bits per heavy atom. The monoisotopic (exact) mass is 277 g/mol. The number of imidazole rings is 1. The second-order valence-corrected chi connectivity index (χ2v) is 4.99. The Balaban J connectivity index is 1.86. The first-order valence-corrected chi connectivity index (χ1v) is 6.71. The molecule has 0 radical (unpaired) electrons. The van der Waals surface area contributed by atoms with E-state index >= 15 is 0 Å². The summed E-state index contributed by atoms with van der Waals surface area (Å²) in [6.45, 7) is 0.468. The molecule has 2 rings (SSSR count). The van der Waals surface area contributed by atoms with Crippen molar-refractivity contribution in [1.29, 1.82) is 0 Å². The lowest BCUT2D eigenvalue weighted by molar-refractivity contribution is -0.147. The third-order valence-corrected chi connectivity index (χ3v) is 3.66. The van der Waals surface area contributed by atoms with Gasteiger partial charge < -0.3 is 15.0 Å². The number of carbonyl (C=O) groups is 2. The largest absolute Gasteiger partial charge is 0.481 e. The summed E-state index contributed by atoms with van der Waals surface area (Å²) in [7, 11) is 1.90. The fourth-order valence-corrected chi connectivity index (χ4v) is 2.44. The van der Waals surface area contributed by atoms with Gasteiger partial charge in [-0.15, -0.1) is 0 Å². The van der Waals surface area contributed by atoms with Crippen LogP contribution in [0.25, 0.3) is 0 Å². The molecule has 0 spiro atoms. The van der Waals surface area contributed by atoms with E-state index < -0.39 is 17.8 Å². The van der Waals surface area contributed by atoms with Crippen molar-refractivity contribution in [1.82, 2.24) is 14.9 Å². The van der Waals surface area contributed by atoms with Crippen LogP contribution in [0.2, 0.25) is 0 Å². The minimum absolute atomic E-state index is 0.184. The minimum atomic E-state index is -0.904. The highest BCUT2D eigenvalue weighted by molar-refractivity contribution is 5.85. The normalized spacial score (nSPS) is 21.6. The van der Waals surface area contributed by atoms with Gasteiger partial charge in [0.1, 0.15) is 5.82 Å². The Kier molecular flexibility index (Phi) is 4.55. The van der Waals surface area contributed by atoms with E-state index in [1.807, 2.05) is 30.0 Å². The summed E-state index contributed by atoms with van der Waals surface area (Å²) in [6, 6.07) is 0. The van der Waals surface area contributed by atoms with Crippen molar-refractivity contribution in [3.63, 3.8) is 0 Å². The summed E-state index contributed by atoms with van der Waals surface area (Å²) in [4.78, 5) is 27.4. The number of aromatic nitrogens is 2. The molecule has 20 heavy (non-hydrogen) atoms. The third-order valence-electron chi connectivity index (χ3n) is 3.66. The van der Waals surface area contributed by atoms with E-state index in [1.54, 1.807) is 6.20 Å². The summed E-state index contributed by atoms with van der Waals surface area (Å²) in [5, 5.41) is 12.0. The average molecular weight is 277 g/mol. The molecule has 1 aliphatic carbocycles. The number of carboxylic acid groups (broad SMARTS) is 1. The summed E-state index contributed by atoms with van der Waals surface area (Å²) < 4.78 is 1.90. The molecule has 0 saturated heterocycles. The predicted octanol–water partition coefficient (Wildman–Crippen LogP) is 0.746. The van der Waals surface area contributed by atoms with Crippen LogP contribution >= 0.6 is 0 Å². The molecular formula is C14H19N3O3. The van der Waals surface area contributed by atoms with Gasteiger partial charge >= 0.3 is 5.97 Å². The molecule has 1 aromatic heterocycles. The first-order chi connectivity index (χ1) is 9.59. The number of aliphatic carboxylic acids is 1. The second kappa shape index (κ2) is 6.36. The summed E-state index contributed by atoms with van der Waals surface area (Å²) in [5.74, 6) is -1.29. The Morgan fingerprint density at radius 3 is 2.70 bits per heavy atom. The summed E-state index contributed by atoms with van der Waals surface area (Å²) in [5.41, 5.74) is 0. The number of nitrogens with one attached hydrogen (secondary N) is 1. The molecule has 0 bridgehead atoms. The zero-order valence-corrected chi connectivity index (χ0v) is 11.5. The van der Waals surface area contributed by atoms with Crippen molar-refractivity contribution >= 4 is 11.9 Å². The summed E-state index contributed by atoms with van der Waals surface area (Å²) >= 11 is 0. The fraction of sp³-hybridized carbons (Fsp3) is 0.500. The molecule has 1 amide bonds. The van der Waals surface area contributed by atoms with E-state index in [9.17, 15) is 9.59 Å². The maximum Gasteiger partial charge on any atom is 0.307 e. The number of nitrogens with zero attached hydrogens (tertiary/aromatic N) is 2. The zero-order chi connectivity index (χ0) is 14.5. The van der Waals surface area contributed by atoms with Crippen molar-refractivity contribution in [3.05, 3.63) is 30.4 Å². The molecule has 0 unspecified atom stereocenters. The Morgan fingerprint density at radius 2 is 2.10 bits per heavy atom. The summed E-state index contributed by atoms with van der Waals surface area (Å²) in [6.07, 6.45) is 8.82. The van der Waals surface area contributed by atoms with Gasteiger partial charge in [-0.1, -0.05) is 12.2 Å². The first-order valence-electron chi connectivity index (χ1n) is 6.71. The van der Waals surface area contributed by atoms with Crippen LogP contribution in [-0.4, -0.2) is 33.1 Å². The van der Waals surface area contributed by atoms with Crippen LogP contribution in [0.5, 0.6) is 0 Å². The van der Waals surface area contributed by atoms with Crippen molar-refractivity contribution in [2.24, 2.45) is 18.9 Å². The molecule has 2 atom stereocenters. The van der Waals surface area contributed by atoms with Crippen LogP contribution in [-0.2, 0) is 23.1 Å². The molecule has 6 heteroatoms. The van der Waals surface area contributed by atoms with Crippen molar-refractivity contribution in [2.45, 2.75) is 19.3 Å². The molecule has 0 fully saturated rings. The maximum atomic E-state index is 12.1. The molecule has 1 aromatic rings. The third kappa shape index (κ3) is 3.26. The predicted molar refractivity (Wildman–Crippen MR) is 72.9 cm³/mol. The molecule has 0 saturated carbocycles. The van der Waals surface area contributed by atoms with Crippen LogP contribution in [0.1, 0.15) is 18.7 Å². The highest BCUT2D eigenvalue weighted by Gasteiger charge is 2.33. The maximum absolute atomic E-state index is 12.1. The first kappa shape index (κ1) is 14.3. The van der Waals surface area contributed by atoms with Gasteiger partial charge in [-0.25, -0.2) is 4.98 Å². The fourth-order valence-electron chi connectivity index (χ4n) is 2.44. The molecule has 0 aromatic carbocycles. The van der Waals surface area contributed by atoms with Gasteiger partial charge in [0.2, 0.25) is 5.91 Å². The van der Waals surface area contributed by atoms with Crippen molar-refractivity contribution in [2.75, 3.05) is 6.54 Å². The molecule has 2 N–H and O–H groups in total. The number of aryl methyl sites for hydroxylation is 1. The Bertz CT molecular complexity index is 521. The van der Waals surface area contributed by atoms with Crippen LogP contribution < -0.4 is 5.32 Å². The van der Waals surface area contributed by atoms with Crippen LogP contribution in [0.15, 0.2) is 24.5 Å². The van der Waals surface area contributed by atoms with Crippen molar-refractivity contribution in [3.8, 4) is 0 Å². The van der Waals surface area contributed by atoms with Gasteiger partial charge in [0.15, 0.2) is 0 Å². The number of allylic oxidation sites excluding steroid dienone is 2. The second-order valence-electron chi connectivity index (χ2n) is 4.99. The minimum Gasteiger partial charge on any atom is -0.481 e. The van der Waals surface area contributed by atoms with Gasteiger partial charge in [0.25, 0.3) is 0 Å². The highest BCUT2D eigenvalue weighted by Crippen LogP contribution is 2.25. The van der Waals surface area contributed by atoms with Gasteiger partial charge in [-0.3, -0.25) is 9.59 Å². The molecular weight excluding hydrogens is 258 g/mol. The number of carboxylic acids is 1. The SMILES string of the molecule is Cn1ccnc1CCNC(=O)[C@@H]1CC=CC[C@@H]1C(=O)O. The van der Waals surface area contributed by atoms with Gasteiger partial charge in [0, 0.05) is 32.4 Å². The topological polar surface area (TPSA) is 84.2 Å². The molecule has 108 valence electrons. The molecule has 6 nitrogen and oxygen atoms in total. The lowest BCUT2D eigenvalue weighted by Crippen LogP contribution is -2.39. The van der Waals surface area contributed by atoms with Crippen LogP contribution in [0.3, 0.4) is 0 Å². The van der Waals surface area contributed by atoms with E-state index in [2.05, 4.69) is 10.3 Å². The van der Waals surface area contributed by atoms with E-state index in [1.165, 1.54) is 0 Å². The van der Waals surface area contributed by atoms with E-state index in [-0.39, 0.29) is 5.91 Å². The molecule has 1 aliphatic rings. The highest BCUT2D eigenvalue weighted by atomic mass is 16.4. The number of carbonyl (C=O) groups excluding carboxylic acids is 1.